The number of aromatic carboxylic acids is 1. The molecule has 1 aromatic carbocycles. The number of hydrogen-bond donors (Lipinski definition) is 2. The van der Waals surface area contributed by atoms with Crippen LogP contribution in [-0.2, 0) is 6.54 Å². The first-order valence-electron chi connectivity index (χ1n) is 7.06. The van der Waals surface area contributed by atoms with Crippen molar-refractivity contribution in [2.45, 2.75) is 19.6 Å². The molecule has 9 heteroatoms. The van der Waals surface area contributed by atoms with E-state index in [-0.39, 0.29) is 34.9 Å². The number of carboxylic acids is 1. The number of furan rings is 1. The van der Waals surface area contributed by atoms with Gasteiger partial charge in [0, 0.05) is 5.56 Å². The lowest BCUT2D eigenvalue weighted by Crippen LogP contribution is -2.22. The smallest absolute Gasteiger partial charge is 0.422 e. The number of aryl methyl sites for hydroxylation is 1. The summed E-state index contributed by atoms with van der Waals surface area (Å²) in [6, 6.07) is 6.45. The molecule has 2 rings (SSSR count). The van der Waals surface area contributed by atoms with E-state index < -0.39 is 24.7 Å². The van der Waals surface area contributed by atoms with Crippen LogP contribution in [0.5, 0.6) is 5.75 Å². The molecule has 0 unspecified atom stereocenters. The predicted octanol–water partition coefficient (Wildman–Crippen LogP) is 3.16. The summed E-state index contributed by atoms with van der Waals surface area (Å²) >= 11 is 0. The van der Waals surface area contributed by atoms with Gasteiger partial charge in [-0.2, -0.15) is 13.2 Å². The van der Waals surface area contributed by atoms with Crippen molar-refractivity contribution in [3.8, 4) is 5.75 Å². The fraction of sp³-hybridized carbons (Fsp3) is 0.250. The number of nitrogens with one attached hydrogen (secondary N) is 1. The number of halogens is 3. The Morgan fingerprint density at radius 1 is 1.24 bits per heavy atom. The number of carbonyl (C=O) groups is 2. The van der Waals surface area contributed by atoms with Gasteiger partial charge in [0.25, 0.3) is 5.91 Å². The highest BCUT2D eigenvalue weighted by molar-refractivity contribution is 5.94. The zero-order chi connectivity index (χ0) is 18.6. The van der Waals surface area contributed by atoms with Crippen molar-refractivity contribution in [2.24, 2.45) is 0 Å². The van der Waals surface area contributed by atoms with E-state index in [9.17, 15) is 22.8 Å². The van der Waals surface area contributed by atoms with Crippen LogP contribution in [0, 0.1) is 6.92 Å². The third-order valence-electron chi connectivity index (χ3n) is 3.14. The van der Waals surface area contributed by atoms with Gasteiger partial charge in [0.05, 0.1) is 6.54 Å². The number of carbonyl (C=O) groups excluding carboxylic acids is 1. The van der Waals surface area contributed by atoms with Crippen LogP contribution in [-0.4, -0.2) is 29.8 Å². The average Bonchev–Trinajstić information content (AvgIpc) is 2.91. The number of rotatable bonds is 6. The number of benzene rings is 1. The minimum Gasteiger partial charge on any atom is -0.484 e. The molecule has 1 amide bonds. The maximum atomic E-state index is 12.1. The van der Waals surface area contributed by atoms with E-state index in [2.05, 4.69) is 10.1 Å². The summed E-state index contributed by atoms with van der Waals surface area (Å²) in [5.41, 5.74) is 0.219. The summed E-state index contributed by atoms with van der Waals surface area (Å²) in [4.78, 5) is 22.9. The van der Waals surface area contributed by atoms with E-state index in [4.69, 9.17) is 9.52 Å². The summed E-state index contributed by atoms with van der Waals surface area (Å²) in [5.74, 6) is -1.14. The molecule has 1 heterocycles. The van der Waals surface area contributed by atoms with Gasteiger partial charge in [0.15, 0.2) is 6.61 Å². The molecule has 0 saturated carbocycles. The Morgan fingerprint density at radius 3 is 2.40 bits per heavy atom. The molecule has 6 nitrogen and oxygen atoms in total. The van der Waals surface area contributed by atoms with Crippen molar-refractivity contribution < 1.29 is 37.0 Å². The number of hydrogen-bond acceptors (Lipinski definition) is 4. The van der Waals surface area contributed by atoms with E-state index in [1.807, 2.05) is 0 Å². The van der Waals surface area contributed by atoms with Crippen LogP contribution >= 0.6 is 0 Å². The van der Waals surface area contributed by atoms with Crippen LogP contribution in [0.2, 0.25) is 0 Å². The lowest BCUT2D eigenvalue weighted by molar-refractivity contribution is -0.153. The van der Waals surface area contributed by atoms with Crippen molar-refractivity contribution in [2.75, 3.05) is 6.61 Å². The van der Waals surface area contributed by atoms with Gasteiger partial charge in [0.2, 0.25) is 0 Å². The second-order valence-corrected chi connectivity index (χ2v) is 5.10. The molecule has 25 heavy (non-hydrogen) atoms. The van der Waals surface area contributed by atoms with E-state index in [0.717, 1.165) is 0 Å². The summed E-state index contributed by atoms with van der Waals surface area (Å²) < 4.78 is 45.9. The second-order valence-electron chi connectivity index (χ2n) is 5.10. The van der Waals surface area contributed by atoms with Crippen molar-refractivity contribution >= 4 is 11.9 Å². The van der Waals surface area contributed by atoms with Crippen LogP contribution in [0.3, 0.4) is 0 Å². The minimum atomic E-state index is -4.44. The highest BCUT2D eigenvalue weighted by Crippen LogP contribution is 2.19. The topological polar surface area (TPSA) is 88.8 Å². The Hall–Kier alpha value is -2.97. The molecule has 0 fully saturated rings. The standard InChI is InChI=1S/C16H14F3NO5/c1-9-13(15(22)23)6-12(25-9)7-20-14(21)10-2-4-11(5-3-10)24-8-16(17,18)19/h2-6H,7-8H2,1H3,(H,20,21)(H,22,23). The van der Waals surface area contributed by atoms with Gasteiger partial charge in [0.1, 0.15) is 22.8 Å². The Kier molecular flexibility index (Phi) is 5.35. The van der Waals surface area contributed by atoms with E-state index in [1.165, 1.54) is 37.3 Å². The van der Waals surface area contributed by atoms with Gasteiger partial charge in [-0.25, -0.2) is 4.79 Å². The molecule has 0 aliphatic carbocycles. The first-order chi connectivity index (χ1) is 11.7. The molecule has 0 bridgehead atoms. The highest BCUT2D eigenvalue weighted by atomic mass is 19.4. The number of alkyl halides is 3. The normalized spacial score (nSPS) is 11.2. The van der Waals surface area contributed by atoms with Crippen LogP contribution in [0.4, 0.5) is 13.2 Å². The van der Waals surface area contributed by atoms with Crippen molar-refractivity contribution in [3.63, 3.8) is 0 Å². The Labute approximate surface area is 140 Å². The van der Waals surface area contributed by atoms with Crippen LogP contribution in [0.15, 0.2) is 34.7 Å². The van der Waals surface area contributed by atoms with Gasteiger partial charge in [-0.15, -0.1) is 0 Å². The summed E-state index contributed by atoms with van der Waals surface area (Å²) in [7, 11) is 0. The van der Waals surface area contributed by atoms with Gasteiger partial charge >= 0.3 is 12.1 Å². The van der Waals surface area contributed by atoms with Gasteiger partial charge in [-0.05, 0) is 37.3 Å². The monoisotopic (exact) mass is 357 g/mol. The molecule has 0 aliphatic heterocycles. The Bertz CT molecular complexity index is 765. The largest absolute Gasteiger partial charge is 0.484 e. The zero-order valence-corrected chi connectivity index (χ0v) is 13.0. The molecule has 2 N–H and O–H groups in total. The quantitative estimate of drug-likeness (QED) is 0.829. The third kappa shape index (κ3) is 5.27. The third-order valence-corrected chi connectivity index (χ3v) is 3.14. The SMILES string of the molecule is Cc1oc(CNC(=O)c2ccc(OCC(F)(F)F)cc2)cc1C(=O)O. The zero-order valence-electron chi connectivity index (χ0n) is 13.0. The molecule has 0 atom stereocenters. The van der Waals surface area contributed by atoms with Crippen LogP contribution in [0.1, 0.15) is 32.2 Å². The molecular formula is C16H14F3NO5. The maximum absolute atomic E-state index is 12.1. The molecular weight excluding hydrogens is 343 g/mol. The molecule has 0 saturated heterocycles. The molecule has 1 aromatic heterocycles. The molecule has 0 spiro atoms. The Balaban J connectivity index is 1.92. The number of ether oxygens (including phenoxy) is 1. The fourth-order valence-corrected chi connectivity index (χ4v) is 1.98. The van der Waals surface area contributed by atoms with E-state index >= 15 is 0 Å². The number of carboxylic acid groups (broad SMARTS) is 1. The average molecular weight is 357 g/mol. The summed E-state index contributed by atoms with van der Waals surface area (Å²) in [6.45, 7) is 0.0516. The molecule has 2 aromatic rings. The molecule has 134 valence electrons. The summed E-state index contributed by atoms with van der Waals surface area (Å²) in [5, 5.41) is 11.4. The van der Waals surface area contributed by atoms with Gasteiger partial charge in [-0.3, -0.25) is 4.79 Å². The Morgan fingerprint density at radius 2 is 1.88 bits per heavy atom. The number of amides is 1. The van der Waals surface area contributed by atoms with Gasteiger partial charge < -0.3 is 19.6 Å². The fourth-order valence-electron chi connectivity index (χ4n) is 1.98. The van der Waals surface area contributed by atoms with E-state index in [0.29, 0.717) is 0 Å². The summed E-state index contributed by atoms with van der Waals surface area (Å²) in [6.07, 6.45) is -4.44. The predicted molar refractivity (Wildman–Crippen MR) is 79.6 cm³/mol. The first-order valence-corrected chi connectivity index (χ1v) is 7.06. The lowest BCUT2D eigenvalue weighted by atomic mass is 10.2. The second kappa shape index (κ2) is 7.29. The van der Waals surface area contributed by atoms with Crippen molar-refractivity contribution in [1.29, 1.82) is 0 Å². The highest BCUT2D eigenvalue weighted by Gasteiger charge is 2.28. The van der Waals surface area contributed by atoms with Crippen LogP contribution in [0.25, 0.3) is 0 Å². The van der Waals surface area contributed by atoms with E-state index in [1.54, 1.807) is 0 Å². The molecule has 0 aliphatic rings. The first kappa shape index (κ1) is 18.4. The van der Waals surface area contributed by atoms with Gasteiger partial charge in [-0.1, -0.05) is 0 Å². The lowest BCUT2D eigenvalue weighted by Gasteiger charge is -2.09. The maximum Gasteiger partial charge on any atom is 0.422 e. The minimum absolute atomic E-state index is 0.00964. The van der Waals surface area contributed by atoms with Crippen molar-refractivity contribution in [1.82, 2.24) is 5.32 Å². The molecule has 0 radical (unpaired) electrons. The van der Waals surface area contributed by atoms with Crippen molar-refractivity contribution in [3.05, 3.63) is 53.0 Å². The van der Waals surface area contributed by atoms with Crippen LogP contribution < -0.4 is 10.1 Å².